The van der Waals surface area contributed by atoms with Crippen molar-refractivity contribution in [2.45, 2.75) is 13.3 Å². The van der Waals surface area contributed by atoms with Crippen LogP contribution >= 0.6 is 0 Å². The van der Waals surface area contributed by atoms with Crippen LogP contribution in [0.1, 0.15) is 12.5 Å². The molecule has 1 heterocycles. The minimum atomic E-state index is 0.967. The summed E-state index contributed by atoms with van der Waals surface area (Å²) in [5, 5.41) is 1.22. The number of hydrogen-bond donors (Lipinski definition) is 0. The van der Waals surface area contributed by atoms with Crippen molar-refractivity contribution in [3.8, 4) is 0 Å². The molecule has 1 heteroatoms. The van der Waals surface area contributed by atoms with Gasteiger partial charge in [-0.3, -0.25) is 4.98 Å². The molecule has 2 rings (SSSR count). The first kappa shape index (κ1) is 8.95. The molecule has 0 spiro atoms. The lowest BCUT2D eigenvalue weighted by atomic mass is 10.1. The molecule has 1 aromatic carbocycles. The first-order valence-electron chi connectivity index (χ1n) is 4.85. The summed E-state index contributed by atoms with van der Waals surface area (Å²) in [5.41, 5.74) is 2.33. The third-order valence-corrected chi connectivity index (χ3v) is 2.24. The Morgan fingerprint density at radius 1 is 1.29 bits per heavy atom. The number of aromatic nitrogens is 1. The van der Waals surface area contributed by atoms with E-state index in [0.29, 0.717) is 0 Å². The van der Waals surface area contributed by atoms with Gasteiger partial charge in [-0.15, -0.1) is 0 Å². The van der Waals surface area contributed by atoms with Crippen LogP contribution in [0.5, 0.6) is 0 Å². The topological polar surface area (TPSA) is 12.9 Å². The first-order valence-corrected chi connectivity index (χ1v) is 4.85. The molecular formula is C13H13N. The smallest absolute Gasteiger partial charge is 0.0702 e. The number of hydrogen-bond acceptors (Lipinski definition) is 1. The Hall–Kier alpha value is -1.63. The predicted molar refractivity (Wildman–Crippen MR) is 60.3 cm³/mol. The zero-order valence-corrected chi connectivity index (χ0v) is 8.27. The SMILES string of the molecule is CC=CCc1cnc2ccccc2c1. The van der Waals surface area contributed by atoms with E-state index >= 15 is 0 Å². The van der Waals surface area contributed by atoms with Crippen molar-refractivity contribution in [3.05, 3.63) is 54.2 Å². The largest absolute Gasteiger partial charge is 0.256 e. The fraction of sp³-hybridized carbons (Fsp3) is 0.154. The predicted octanol–water partition coefficient (Wildman–Crippen LogP) is 3.35. The second kappa shape index (κ2) is 4.05. The highest BCUT2D eigenvalue weighted by atomic mass is 14.6. The van der Waals surface area contributed by atoms with Crippen LogP contribution in [0.15, 0.2) is 48.7 Å². The standard InChI is InChI=1S/C13H13N/c1-2-3-6-11-9-12-7-4-5-8-13(12)14-10-11/h2-5,7-10H,6H2,1H3. The van der Waals surface area contributed by atoms with Crippen molar-refractivity contribution in [2.75, 3.05) is 0 Å². The molecule has 0 bridgehead atoms. The molecular weight excluding hydrogens is 170 g/mol. The third kappa shape index (κ3) is 1.82. The maximum absolute atomic E-state index is 4.40. The monoisotopic (exact) mass is 183 g/mol. The minimum Gasteiger partial charge on any atom is -0.256 e. The molecule has 0 N–H and O–H groups in total. The van der Waals surface area contributed by atoms with Gasteiger partial charge < -0.3 is 0 Å². The summed E-state index contributed by atoms with van der Waals surface area (Å²) in [4.78, 5) is 4.40. The highest BCUT2D eigenvalue weighted by molar-refractivity contribution is 5.78. The molecule has 0 aliphatic carbocycles. The molecule has 0 amide bonds. The van der Waals surface area contributed by atoms with E-state index < -0.39 is 0 Å². The van der Waals surface area contributed by atoms with Crippen molar-refractivity contribution in [2.24, 2.45) is 0 Å². The molecule has 0 saturated heterocycles. The van der Waals surface area contributed by atoms with Crippen molar-refractivity contribution in [3.63, 3.8) is 0 Å². The Bertz CT molecular complexity index is 457. The van der Waals surface area contributed by atoms with Gasteiger partial charge in [-0.1, -0.05) is 30.4 Å². The van der Waals surface area contributed by atoms with Crippen LogP contribution in [0.3, 0.4) is 0 Å². The van der Waals surface area contributed by atoms with E-state index in [1.165, 1.54) is 10.9 Å². The molecule has 0 fully saturated rings. The fourth-order valence-electron chi connectivity index (χ4n) is 1.48. The number of benzene rings is 1. The van der Waals surface area contributed by atoms with Gasteiger partial charge in [-0.25, -0.2) is 0 Å². The molecule has 0 aliphatic rings. The van der Waals surface area contributed by atoms with Crippen LogP contribution in [0, 0.1) is 0 Å². The van der Waals surface area contributed by atoms with Crippen LogP contribution in [-0.4, -0.2) is 4.98 Å². The average molecular weight is 183 g/mol. The molecule has 0 atom stereocenters. The Balaban J connectivity index is 2.41. The van der Waals surface area contributed by atoms with Crippen LogP contribution in [0.2, 0.25) is 0 Å². The second-order valence-electron chi connectivity index (χ2n) is 3.31. The molecule has 1 nitrogen and oxygen atoms in total. The summed E-state index contributed by atoms with van der Waals surface area (Å²) in [6.45, 7) is 2.04. The van der Waals surface area contributed by atoms with Gasteiger partial charge >= 0.3 is 0 Å². The average Bonchev–Trinajstić information content (AvgIpc) is 2.26. The molecule has 70 valence electrons. The van der Waals surface area contributed by atoms with Crippen LogP contribution < -0.4 is 0 Å². The minimum absolute atomic E-state index is 0.967. The highest BCUT2D eigenvalue weighted by Crippen LogP contribution is 2.12. The normalized spacial score (nSPS) is 11.2. The lowest BCUT2D eigenvalue weighted by Gasteiger charge is -1.99. The summed E-state index contributed by atoms with van der Waals surface area (Å²) in [5.74, 6) is 0. The summed E-state index contributed by atoms with van der Waals surface area (Å²) < 4.78 is 0. The number of para-hydroxylation sites is 1. The van der Waals surface area contributed by atoms with Gasteiger partial charge in [0.2, 0.25) is 0 Å². The van der Waals surface area contributed by atoms with Gasteiger partial charge in [0, 0.05) is 11.6 Å². The quantitative estimate of drug-likeness (QED) is 0.650. The molecule has 2 aromatic rings. The lowest BCUT2D eigenvalue weighted by molar-refractivity contribution is 1.22. The molecule has 1 aromatic heterocycles. The van der Waals surface area contributed by atoms with Crippen LogP contribution in [0.25, 0.3) is 10.9 Å². The maximum Gasteiger partial charge on any atom is 0.0702 e. The molecule has 14 heavy (non-hydrogen) atoms. The summed E-state index contributed by atoms with van der Waals surface area (Å²) in [6, 6.07) is 10.4. The number of nitrogens with zero attached hydrogens (tertiary/aromatic N) is 1. The van der Waals surface area contributed by atoms with E-state index in [0.717, 1.165) is 11.9 Å². The van der Waals surface area contributed by atoms with E-state index in [2.05, 4.69) is 29.3 Å². The van der Waals surface area contributed by atoms with Crippen molar-refractivity contribution < 1.29 is 0 Å². The lowest BCUT2D eigenvalue weighted by Crippen LogP contribution is -1.84. The Kier molecular flexibility index (Phi) is 2.59. The van der Waals surface area contributed by atoms with Gasteiger partial charge in [-0.2, -0.15) is 0 Å². The zero-order valence-electron chi connectivity index (χ0n) is 8.27. The van der Waals surface area contributed by atoms with E-state index in [-0.39, 0.29) is 0 Å². The summed E-state index contributed by atoms with van der Waals surface area (Å²) >= 11 is 0. The maximum atomic E-state index is 4.40. The molecule has 0 unspecified atom stereocenters. The number of allylic oxidation sites excluding steroid dienone is 2. The van der Waals surface area contributed by atoms with E-state index in [1.54, 1.807) is 0 Å². The van der Waals surface area contributed by atoms with Crippen LogP contribution in [0.4, 0.5) is 0 Å². The van der Waals surface area contributed by atoms with Gasteiger partial charge in [0.1, 0.15) is 0 Å². The van der Waals surface area contributed by atoms with E-state index in [1.807, 2.05) is 31.3 Å². The first-order chi connectivity index (χ1) is 6.90. The van der Waals surface area contributed by atoms with E-state index in [4.69, 9.17) is 0 Å². The van der Waals surface area contributed by atoms with Gasteiger partial charge in [0.05, 0.1) is 5.52 Å². The number of pyridine rings is 1. The Morgan fingerprint density at radius 2 is 2.14 bits per heavy atom. The van der Waals surface area contributed by atoms with Crippen molar-refractivity contribution in [1.29, 1.82) is 0 Å². The fourth-order valence-corrected chi connectivity index (χ4v) is 1.48. The molecule has 0 radical (unpaired) electrons. The molecule has 0 saturated carbocycles. The van der Waals surface area contributed by atoms with Gasteiger partial charge in [0.25, 0.3) is 0 Å². The van der Waals surface area contributed by atoms with Crippen molar-refractivity contribution in [1.82, 2.24) is 4.98 Å². The van der Waals surface area contributed by atoms with Gasteiger partial charge in [-0.05, 0) is 31.0 Å². The summed E-state index contributed by atoms with van der Waals surface area (Å²) in [7, 11) is 0. The zero-order chi connectivity index (χ0) is 9.80. The van der Waals surface area contributed by atoms with Crippen LogP contribution in [-0.2, 0) is 6.42 Å². The molecule has 0 aliphatic heterocycles. The second-order valence-corrected chi connectivity index (χ2v) is 3.31. The summed E-state index contributed by atoms with van der Waals surface area (Å²) in [6.07, 6.45) is 7.12. The highest BCUT2D eigenvalue weighted by Gasteiger charge is 1.94. The Morgan fingerprint density at radius 3 is 3.00 bits per heavy atom. The van der Waals surface area contributed by atoms with E-state index in [9.17, 15) is 0 Å². The van der Waals surface area contributed by atoms with Crippen molar-refractivity contribution >= 4 is 10.9 Å². The number of rotatable bonds is 2. The number of fused-ring (bicyclic) bond motifs is 1. The third-order valence-electron chi connectivity index (χ3n) is 2.24. The van der Waals surface area contributed by atoms with Gasteiger partial charge in [0.15, 0.2) is 0 Å². The Labute approximate surface area is 84.1 Å².